The lowest BCUT2D eigenvalue weighted by atomic mass is 9.94. The smallest absolute Gasteiger partial charge is 0.124 e. The van der Waals surface area contributed by atoms with Gasteiger partial charge in [-0.05, 0) is 49.7 Å². The van der Waals surface area contributed by atoms with Crippen molar-refractivity contribution in [1.29, 1.82) is 0 Å². The molecule has 0 bridgehead atoms. The molecule has 21 heavy (non-hydrogen) atoms. The number of para-hydroxylation sites is 1. The summed E-state index contributed by atoms with van der Waals surface area (Å²) in [4.78, 5) is 0. The van der Waals surface area contributed by atoms with Gasteiger partial charge in [0.25, 0.3) is 0 Å². The molecule has 0 fully saturated rings. The van der Waals surface area contributed by atoms with Gasteiger partial charge in [0.2, 0.25) is 0 Å². The zero-order valence-electron chi connectivity index (χ0n) is 12.8. The summed E-state index contributed by atoms with van der Waals surface area (Å²) in [6, 6.07) is 12.9. The number of halogens is 1. The SMILES string of the molecule is CCCOc1ccccc1C(NC)c1ccc(F)cc1C. The zero-order valence-corrected chi connectivity index (χ0v) is 12.8. The molecular formula is C18H22FNO. The molecule has 0 aliphatic heterocycles. The average molecular weight is 287 g/mol. The van der Waals surface area contributed by atoms with Crippen LogP contribution in [0.5, 0.6) is 5.75 Å². The minimum absolute atomic E-state index is 0.0151. The highest BCUT2D eigenvalue weighted by Gasteiger charge is 2.18. The Kier molecular flexibility index (Phi) is 5.34. The first-order valence-corrected chi connectivity index (χ1v) is 7.32. The van der Waals surface area contributed by atoms with E-state index in [1.165, 1.54) is 6.07 Å². The van der Waals surface area contributed by atoms with Crippen LogP contribution in [0.25, 0.3) is 0 Å². The Labute approximate surface area is 126 Å². The molecule has 0 heterocycles. The van der Waals surface area contributed by atoms with Crippen molar-refractivity contribution in [2.75, 3.05) is 13.7 Å². The minimum atomic E-state index is -0.207. The van der Waals surface area contributed by atoms with Gasteiger partial charge < -0.3 is 10.1 Å². The monoisotopic (exact) mass is 287 g/mol. The number of benzene rings is 2. The Morgan fingerprint density at radius 2 is 1.90 bits per heavy atom. The number of hydrogen-bond acceptors (Lipinski definition) is 2. The fourth-order valence-corrected chi connectivity index (χ4v) is 2.50. The molecule has 2 aromatic carbocycles. The first-order chi connectivity index (χ1) is 10.2. The Morgan fingerprint density at radius 3 is 2.57 bits per heavy atom. The zero-order chi connectivity index (χ0) is 15.2. The van der Waals surface area contributed by atoms with Crippen LogP contribution in [-0.2, 0) is 0 Å². The normalized spacial score (nSPS) is 12.2. The van der Waals surface area contributed by atoms with Crippen molar-refractivity contribution in [3.63, 3.8) is 0 Å². The van der Waals surface area contributed by atoms with Crippen LogP contribution in [0.4, 0.5) is 4.39 Å². The highest BCUT2D eigenvalue weighted by molar-refractivity contribution is 5.44. The third-order valence-electron chi connectivity index (χ3n) is 3.52. The van der Waals surface area contributed by atoms with E-state index in [0.717, 1.165) is 28.9 Å². The predicted molar refractivity (Wildman–Crippen MR) is 84.3 cm³/mol. The molecule has 0 aromatic heterocycles. The largest absolute Gasteiger partial charge is 0.493 e. The summed E-state index contributed by atoms with van der Waals surface area (Å²) in [6.45, 7) is 4.70. The van der Waals surface area contributed by atoms with Crippen LogP contribution >= 0.6 is 0 Å². The van der Waals surface area contributed by atoms with Crippen molar-refractivity contribution in [2.24, 2.45) is 0 Å². The summed E-state index contributed by atoms with van der Waals surface area (Å²) in [7, 11) is 1.91. The molecule has 1 atom stereocenters. The number of hydrogen-bond donors (Lipinski definition) is 1. The fourth-order valence-electron chi connectivity index (χ4n) is 2.50. The van der Waals surface area contributed by atoms with E-state index in [1.807, 2.05) is 38.2 Å². The lowest BCUT2D eigenvalue weighted by Gasteiger charge is -2.22. The van der Waals surface area contributed by atoms with E-state index in [0.29, 0.717) is 6.61 Å². The van der Waals surface area contributed by atoms with Crippen LogP contribution in [0, 0.1) is 12.7 Å². The molecule has 1 unspecified atom stereocenters. The Bertz CT molecular complexity index is 598. The molecule has 0 radical (unpaired) electrons. The quantitative estimate of drug-likeness (QED) is 0.858. The molecule has 2 nitrogen and oxygen atoms in total. The Morgan fingerprint density at radius 1 is 1.14 bits per heavy atom. The van der Waals surface area contributed by atoms with Gasteiger partial charge in [-0.3, -0.25) is 0 Å². The number of rotatable bonds is 6. The van der Waals surface area contributed by atoms with E-state index in [2.05, 4.69) is 18.3 Å². The fraction of sp³-hybridized carbons (Fsp3) is 0.333. The van der Waals surface area contributed by atoms with Crippen LogP contribution in [0.3, 0.4) is 0 Å². The van der Waals surface area contributed by atoms with Crippen LogP contribution in [0.15, 0.2) is 42.5 Å². The lowest BCUT2D eigenvalue weighted by Crippen LogP contribution is -2.19. The average Bonchev–Trinajstić information content (AvgIpc) is 2.49. The van der Waals surface area contributed by atoms with Gasteiger partial charge in [-0.15, -0.1) is 0 Å². The minimum Gasteiger partial charge on any atom is -0.493 e. The molecule has 0 aliphatic carbocycles. The molecule has 1 N–H and O–H groups in total. The summed E-state index contributed by atoms with van der Waals surface area (Å²) in [6.07, 6.45) is 0.966. The van der Waals surface area contributed by atoms with E-state index < -0.39 is 0 Å². The summed E-state index contributed by atoms with van der Waals surface area (Å²) in [5.41, 5.74) is 3.06. The molecule has 0 saturated heterocycles. The molecule has 112 valence electrons. The maximum Gasteiger partial charge on any atom is 0.124 e. The van der Waals surface area contributed by atoms with Crippen LogP contribution in [0.1, 0.15) is 36.1 Å². The first-order valence-electron chi connectivity index (χ1n) is 7.32. The van der Waals surface area contributed by atoms with Gasteiger partial charge in [0, 0.05) is 5.56 Å². The topological polar surface area (TPSA) is 21.3 Å². The maximum atomic E-state index is 13.3. The van der Waals surface area contributed by atoms with E-state index in [9.17, 15) is 4.39 Å². The lowest BCUT2D eigenvalue weighted by molar-refractivity contribution is 0.312. The van der Waals surface area contributed by atoms with Gasteiger partial charge in [0.05, 0.1) is 12.6 Å². The van der Waals surface area contributed by atoms with Gasteiger partial charge >= 0.3 is 0 Å². The number of ether oxygens (including phenoxy) is 1. The highest BCUT2D eigenvalue weighted by Crippen LogP contribution is 2.31. The molecule has 0 spiro atoms. The van der Waals surface area contributed by atoms with E-state index in [4.69, 9.17) is 4.74 Å². The van der Waals surface area contributed by atoms with E-state index in [1.54, 1.807) is 6.07 Å². The van der Waals surface area contributed by atoms with Crippen molar-refractivity contribution in [1.82, 2.24) is 5.32 Å². The van der Waals surface area contributed by atoms with Gasteiger partial charge in [0.1, 0.15) is 11.6 Å². The molecule has 0 saturated carbocycles. The standard InChI is InChI=1S/C18H22FNO/c1-4-11-21-17-8-6-5-7-16(17)18(20-3)15-10-9-14(19)12-13(15)2/h5-10,12,18,20H,4,11H2,1-3H3. The second kappa shape index (κ2) is 7.23. The van der Waals surface area contributed by atoms with Gasteiger partial charge in [0.15, 0.2) is 0 Å². The van der Waals surface area contributed by atoms with Gasteiger partial charge in [-0.2, -0.15) is 0 Å². The maximum absolute atomic E-state index is 13.3. The second-order valence-electron chi connectivity index (χ2n) is 5.11. The molecule has 0 amide bonds. The summed E-state index contributed by atoms with van der Waals surface area (Å²) in [5, 5.41) is 3.31. The van der Waals surface area contributed by atoms with Crippen molar-refractivity contribution >= 4 is 0 Å². The van der Waals surface area contributed by atoms with E-state index >= 15 is 0 Å². The van der Waals surface area contributed by atoms with Crippen molar-refractivity contribution in [3.8, 4) is 5.75 Å². The molecule has 3 heteroatoms. The van der Waals surface area contributed by atoms with Gasteiger partial charge in [-0.1, -0.05) is 31.2 Å². The van der Waals surface area contributed by atoms with Crippen molar-refractivity contribution in [2.45, 2.75) is 26.3 Å². The third kappa shape index (κ3) is 3.61. The van der Waals surface area contributed by atoms with Crippen LogP contribution in [0.2, 0.25) is 0 Å². The van der Waals surface area contributed by atoms with Crippen molar-refractivity contribution in [3.05, 3.63) is 65.0 Å². The number of aryl methyl sites for hydroxylation is 1. The predicted octanol–water partition coefficient (Wildman–Crippen LogP) is 4.23. The molecule has 2 rings (SSSR count). The van der Waals surface area contributed by atoms with Gasteiger partial charge in [-0.25, -0.2) is 4.39 Å². The summed E-state index contributed by atoms with van der Waals surface area (Å²) in [5.74, 6) is 0.670. The van der Waals surface area contributed by atoms with E-state index in [-0.39, 0.29) is 11.9 Å². The third-order valence-corrected chi connectivity index (χ3v) is 3.52. The molecule has 2 aromatic rings. The molecular weight excluding hydrogens is 265 g/mol. The highest BCUT2D eigenvalue weighted by atomic mass is 19.1. The Balaban J connectivity index is 2.41. The first kappa shape index (κ1) is 15.5. The van der Waals surface area contributed by atoms with Crippen molar-refractivity contribution < 1.29 is 9.13 Å². The van der Waals surface area contributed by atoms with Crippen LogP contribution < -0.4 is 10.1 Å². The molecule has 0 aliphatic rings. The summed E-state index contributed by atoms with van der Waals surface area (Å²) < 4.78 is 19.2. The van der Waals surface area contributed by atoms with Crippen LogP contribution in [-0.4, -0.2) is 13.7 Å². The Hall–Kier alpha value is -1.87. The number of nitrogens with one attached hydrogen (secondary N) is 1. The second-order valence-corrected chi connectivity index (χ2v) is 5.11. The summed E-state index contributed by atoms with van der Waals surface area (Å²) >= 11 is 0.